The third-order valence-corrected chi connectivity index (χ3v) is 1.59. The molecule has 0 saturated heterocycles. The van der Waals surface area contributed by atoms with Gasteiger partial charge in [-0.2, -0.15) is 18.2 Å². The van der Waals surface area contributed by atoms with Gasteiger partial charge in [0, 0.05) is 6.07 Å². The van der Waals surface area contributed by atoms with Crippen molar-refractivity contribution < 1.29 is 17.9 Å². The molecule has 84 valence electrons. The summed E-state index contributed by atoms with van der Waals surface area (Å²) in [5.74, 6) is 0.163. The van der Waals surface area contributed by atoms with Crippen molar-refractivity contribution in [2.45, 2.75) is 26.1 Å². The van der Waals surface area contributed by atoms with Gasteiger partial charge in [0.1, 0.15) is 11.6 Å². The highest BCUT2D eigenvalue weighted by Crippen LogP contribution is 2.24. The van der Waals surface area contributed by atoms with E-state index < -0.39 is 12.3 Å². The second kappa shape index (κ2) is 3.92. The lowest BCUT2D eigenvalue weighted by Gasteiger charge is -2.16. The second-order valence-electron chi connectivity index (χ2n) is 2.98. The molecule has 0 bridgehead atoms. The topological polar surface area (TPSA) is 61.0 Å². The Bertz CT molecular complexity index is 333. The summed E-state index contributed by atoms with van der Waals surface area (Å²) in [6, 6.07) is 1.15. The van der Waals surface area contributed by atoms with E-state index in [0.29, 0.717) is 0 Å². The molecule has 0 aliphatic carbocycles. The third kappa shape index (κ3) is 3.26. The van der Waals surface area contributed by atoms with Crippen molar-refractivity contribution in [2.24, 2.45) is 0 Å². The van der Waals surface area contributed by atoms with Gasteiger partial charge in [0.05, 0.1) is 0 Å². The molecule has 0 aromatic carbocycles. The zero-order valence-electron chi connectivity index (χ0n) is 8.17. The molecule has 0 spiro atoms. The maximum absolute atomic E-state index is 12.1. The predicted octanol–water partition coefficient (Wildman–Crippen LogP) is 1.70. The first-order chi connectivity index (χ1) is 6.79. The highest BCUT2D eigenvalue weighted by Gasteiger charge is 2.38. The van der Waals surface area contributed by atoms with Crippen molar-refractivity contribution in [3.63, 3.8) is 0 Å². The zero-order chi connectivity index (χ0) is 11.6. The highest BCUT2D eigenvalue weighted by atomic mass is 19.4. The van der Waals surface area contributed by atoms with Crippen LogP contribution in [-0.4, -0.2) is 22.2 Å². The van der Waals surface area contributed by atoms with Crippen molar-refractivity contribution in [1.29, 1.82) is 0 Å². The molecule has 7 heteroatoms. The number of halogens is 3. The van der Waals surface area contributed by atoms with Gasteiger partial charge >= 0.3 is 6.18 Å². The number of nitrogens with zero attached hydrogens (tertiary/aromatic N) is 2. The Morgan fingerprint density at radius 3 is 2.47 bits per heavy atom. The lowest BCUT2D eigenvalue weighted by Crippen LogP contribution is -2.31. The maximum Gasteiger partial charge on any atom is 0.425 e. The van der Waals surface area contributed by atoms with Crippen molar-refractivity contribution in [3.05, 3.63) is 11.9 Å². The monoisotopic (exact) mass is 221 g/mol. The van der Waals surface area contributed by atoms with Crippen LogP contribution in [0.15, 0.2) is 6.07 Å². The minimum atomic E-state index is -4.42. The number of nitrogens with two attached hydrogens (primary N) is 1. The summed E-state index contributed by atoms with van der Waals surface area (Å²) in [6.07, 6.45) is -6.35. The van der Waals surface area contributed by atoms with Crippen LogP contribution in [0.5, 0.6) is 5.88 Å². The number of hydrogen-bond acceptors (Lipinski definition) is 4. The molecular weight excluding hydrogens is 211 g/mol. The Balaban J connectivity index is 2.81. The fraction of sp³-hybridized carbons (Fsp3) is 0.500. The molecule has 1 heterocycles. The molecule has 0 aliphatic heterocycles. The van der Waals surface area contributed by atoms with Gasteiger partial charge in [0.2, 0.25) is 5.88 Å². The normalized spacial score (nSPS) is 13.7. The molecule has 1 aromatic rings. The highest BCUT2D eigenvalue weighted by molar-refractivity contribution is 5.32. The summed E-state index contributed by atoms with van der Waals surface area (Å²) >= 11 is 0. The van der Waals surface area contributed by atoms with Crippen LogP contribution in [0.25, 0.3) is 0 Å². The summed E-state index contributed by atoms with van der Waals surface area (Å²) in [6.45, 7) is 2.41. The number of aromatic nitrogens is 2. The van der Waals surface area contributed by atoms with E-state index in [1.165, 1.54) is 6.92 Å². The molecular formula is C8H10F3N3O. The summed E-state index contributed by atoms with van der Waals surface area (Å²) in [4.78, 5) is 7.38. The first-order valence-corrected chi connectivity index (χ1v) is 4.13. The quantitative estimate of drug-likeness (QED) is 0.825. The van der Waals surface area contributed by atoms with E-state index in [2.05, 4.69) is 14.7 Å². The van der Waals surface area contributed by atoms with Crippen LogP contribution in [0.2, 0.25) is 0 Å². The van der Waals surface area contributed by atoms with Gasteiger partial charge in [-0.25, -0.2) is 4.98 Å². The van der Waals surface area contributed by atoms with Crippen LogP contribution in [-0.2, 0) is 0 Å². The van der Waals surface area contributed by atoms with Gasteiger partial charge < -0.3 is 10.5 Å². The van der Waals surface area contributed by atoms with Gasteiger partial charge in [-0.1, -0.05) is 0 Å². The molecule has 0 aliphatic rings. The Morgan fingerprint density at radius 2 is 2.00 bits per heavy atom. The van der Waals surface area contributed by atoms with Crippen LogP contribution in [0, 0.1) is 6.92 Å². The molecule has 1 rings (SSSR count). The lowest BCUT2D eigenvalue weighted by atomic mass is 10.4. The van der Waals surface area contributed by atoms with E-state index >= 15 is 0 Å². The number of hydrogen-bond donors (Lipinski definition) is 1. The SMILES string of the molecule is Cc1nc(N)cc(OC(C)C(F)(F)F)n1. The minimum absolute atomic E-state index is 0.0758. The molecule has 0 fully saturated rings. The predicted molar refractivity (Wildman–Crippen MR) is 47.3 cm³/mol. The van der Waals surface area contributed by atoms with Crippen molar-refractivity contribution in [1.82, 2.24) is 9.97 Å². The van der Waals surface area contributed by atoms with Crippen molar-refractivity contribution in [2.75, 3.05) is 5.73 Å². The van der Waals surface area contributed by atoms with E-state index in [4.69, 9.17) is 5.73 Å². The summed E-state index contributed by atoms with van der Waals surface area (Å²) in [5, 5.41) is 0. The van der Waals surface area contributed by atoms with Gasteiger partial charge in [-0.15, -0.1) is 0 Å². The smallest absolute Gasteiger partial charge is 0.425 e. The van der Waals surface area contributed by atoms with E-state index in [9.17, 15) is 13.2 Å². The molecule has 0 saturated carbocycles. The standard InChI is InChI=1S/C8H10F3N3O/c1-4(8(9,10)11)15-7-3-6(12)13-5(2)14-7/h3-4H,1-2H3,(H2,12,13,14). The first kappa shape index (κ1) is 11.5. The van der Waals surface area contributed by atoms with Crippen LogP contribution >= 0.6 is 0 Å². The van der Waals surface area contributed by atoms with Gasteiger partial charge in [-0.05, 0) is 13.8 Å². The number of aryl methyl sites for hydroxylation is 1. The molecule has 1 aromatic heterocycles. The molecule has 0 radical (unpaired) electrons. The van der Waals surface area contributed by atoms with E-state index in [1.807, 2.05) is 0 Å². The average molecular weight is 221 g/mol. The molecule has 1 unspecified atom stereocenters. The third-order valence-electron chi connectivity index (χ3n) is 1.59. The van der Waals surface area contributed by atoms with E-state index in [-0.39, 0.29) is 17.5 Å². The molecule has 1 atom stereocenters. The second-order valence-corrected chi connectivity index (χ2v) is 2.98. The number of nitrogen functional groups attached to an aromatic ring is 1. The van der Waals surface area contributed by atoms with Crippen LogP contribution in [0.3, 0.4) is 0 Å². The number of rotatable bonds is 2. The summed E-state index contributed by atoms with van der Waals surface area (Å²) < 4.78 is 41.0. The van der Waals surface area contributed by atoms with E-state index in [1.54, 1.807) is 0 Å². The summed E-state index contributed by atoms with van der Waals surface area (Å²) in [7, 11) is 0. The maximum atomic E-state index is 12.1. The van der Waals surface area contributed by atoms with E-state index in [0.717, 1.165) is 13.0 Å². The fourth-order valence-electron chi connectivity index (χ4n) is 0.871. The Labute approximate surface area is 84.3 Å². The van der Waals surface area contributed by atoms with Crippen molar-refractivity contribution >= 4 is 5.82 Å². The zero-order valence-corrected chi connectivity index (χ0v) is 8.17. The van der Waals surface area contributed by atoms with Crippen LogP contribution < -0.4 is 10.5 Å². The molecule has 15 heavy (non-hydrogen) atoms. The minimum Gasteiger partial charge on any atom is -0.465 e. The number of alkyl halides is 3. The number of ether oxygens (including phenoxy) is 1. The summed E-state index contributed by atoms with van der Waals surface area (Å²) in [5.41, 5.74) is 5.33. The van der Waals surface area contributed by atoms with Gasteiger partial charge in [0.25, 0.3) is 0 Å². The fourth-order valence-corrected chi connectivity index (χ4v) is 0.871. The van der Waals surface area contributed by atoms with Gasteiger partial charge in [0.15, 0.2) is 6.10 Å². The Morgan fingerprint density at radius 1 is 1.40 bits per heavy atom. The van der Waals surface area contributed by atoms with Crippen LogP contribution in [0.4, 0.5) is 19.0 Å². The van der Waals surface area contributed by atoms with Crippen LogP contribution in [0.1, 0.15) is 12.7 Å². The largest absolute Gasteiger partial charge is 0.465 e. The lowest BCUT2D eigenvalue weighted by molar-refractivity contribution is -0.190. The first-order valence-electron chi connectivity index (χ1n) is 4.13. The van der Waals surface area contributed by atoms with Gasteiger partial charge in [-0.3, -0.25) is 0 Å². The Hall–Kier alpha value is -1.53. The van der Waals surface area contributed by atoms with Crippen molar-refractivity contribution in [3.8, 4) is 5.88 Å². The average Bonchev–Trinajstić information content (AvgIpc) is 1.99. The molecule has 2 N–H and O–H groups in total. The molecule has 0 amide bonds. The molecule has 4 nitrogen and oxygen atoms in total. The Kier molecular flexibility index (Phi) is 3.01. The number of anilines is 1.